The first-order valence-corrected chi connectivity index (χ1v) is 8.24. The molecule has 0 saturated heterocycles. The lowest BCUT2D eigenvalue weighted by molar-refractivity contribution is 0.155. The van der Waals surface area contributed by atoms with Crippen LogP contribution >= 0.6 is 11.3 Å². The maximum Gasteiger partial charge on any atom is 0.0991 e. The van der Waals surface area contributed by atoms with Gasteiger partial charge in [-0.3, -0.25) is 0 Å². The van der Waals surface area contributed by atoms with Gasteiger partial charge in [0.1, 0.15) is 0 Å². The molecule has 0 fully saturated rings. The SMILES string of the molecule is CC(C)(C)C(NCC(O)c1ccc(C#N)cc1)c1cccs1. The van der Waals surface area contributed by atoms with E-state index in [4.69, 9.17) is 5.26 Å². The van der Waals surface area contributed by atoms with Crippen LogP contribution in [0.3, 0.4) is 0 Å². The van der Waals surface area contributed by atoms with Crippen LogP contribution in [-0.2, 0) is 0 Å². The van der Waals surface area contributed by atoms with Crippen LogP contribution in [-0.4, -0.2) is 11.7 Å². The highest BCUT2D eigenvalue weighted by Crippen LogP contribution is 2.35. The summed E-state index contributed by atoms with van der Waals surface area (Å²) in [6, 6.07) is 13.5. The van der Waals surface area contributed by atoms with E-state index in [0.29, 0.717) is 12.1 Å². The molecule has 2 unspecified atom stereocenters. The van der Waals surface area contributed by atoms with Crippen LogP contribution in [0.5, 0.6) is 0 Å². The normalized spacial score (nSPS) is 14.3. The maximum absolute atomic E-state index is 10.4. The molecule has 3 nitrogen and oxygen atoms in total. The molecule has 0 spiro atoms. The number of thiophene rings is 1. The molecule has 0 aliphatic rings. The second-order valence-corrected chi connectivity index (χ2v) is 7.45. The summed E-state index contributed by atoms with van der Waals surface area (Å²) in [5.74, 6) is 0. The van der Waals surface area contributed by atoms with Crippen LogP contribution in [0.25, 0.3) is 0 Å². The van der Waals surface area contributed by atoms with Gasteiger partial charge >= 0.3 is 0 Å². The van der Waals surface area contributed by atoms with Gasteiger partial charge in [0, 0.05) is 17.5 Å². The third-order valence-corrected chi connectivity index (χ3v) is 4.57. The molecule has 1 aromatic heterocycles. The molecule has 0 saturated carbocycles. The molecule has 0 bridgehead atoms. The number of nitrogens with one attached hydrogen (secondary N) is 1. The molecule has 116 valence electrons. The van der Waals surface area contributed by atoms with E-state index in [1.54, 1.807) is 23.5 Å². The quantitative estimate of drug-likeness (QED) is 0.876. The second-order valence-electron chi connectivity index (χ2n) is 6.47. The molecule has 22 heavy (non-hydrogen) atoms. The van der Waals surface area contributed by atoms with Gasteiger partial charge in [0.25, 0.3) is 0 Å². The molecule has 0 amide bonds. The number of nitriles is 1. The van der Waals surface area contributed by atoms with Gasteiger partial charge in [0.05, 0.1) is 17.7 Å². The fourth-order valence-electron chi connectivity index (χ4n) is 2.42. The number of rotatable bonds is 5. The number of aliphatic hydroxyl groups excluding tert-OH is 1. The van der Waals surface area contributed by atoms with E-state index in [2.05, 4.69) is 49.7 Å². The van der Waals surface area contributed by atoms with Crippen molar-refractivity contribution < 1.29 is 5.11 Å². The lowest BCUT2D eigenvalue weighted by atomic mass is 9.85. The third-order valence-electron chi connectivity index (χ3n) is 3.63. The van der Waals surface area contributed by atoms with E-state index in [0.717, 1.165) is 5.56 Å². The molecule has 4 heteroatoms. The molecule has 2 N–H and O–H groups in total. The Kier molecular flexibility index (Phi) is 5.36. The van der Waals surface area contributed by atoms with Crippen LogP contribution in [0, 0.1) is 16.7 Å². The van der Waals surface area contributed by atoms with E-state index in [1.807, 2.05) is 12.1 Å². The molecule has 2 aromatic rings. The third kappa shape index (κ3) is 4.17. The zero-order chi connectivity index (χ0) is 16.2. The first kappa shape index (κ1) is 16.7. The van der Waals surface area contributed by atoms with Crippen LogP contribution in [0.15, 0.2) is 41.8 Å². The summed E-state index contributed by atoms with van der Waals surface area (Å²) in [4.78, 5) is 1.28. The minimum absolute atomic E-state index is 0.0647. The Morgan fingerprint density at radius 3 is 2.41 bits per heavy atom. The van der Waals surface area contributed by atoms with Crippen molar-refractivity contribution in [3.63, 3.8) is 0 Å². The highest BCUT2D eigenvalue weighted by atomic mass is 32.1. The number of hydrogen-bond acceptors (Lipinski definition) is 4. The Morgan fingerprint density at radius 2 is 1.91 bits per heavy atom. The van der Waals surface area contributed by atoms with Crippen molar-refractivity contribution in [3.05, 3.63) is 57.8 Å². The van der Waals surface area contributed by atoms with Crippen molar-refractivity contribution in [3.8, 4) is 6.07 Å². The zero-order valence-corrected chi connectivity index (χ0v) is 14.0. The Morgan fingerprint density at radius 1 is 1.23 bits per heavy atom. The molecule has 2 rings (SSSR count). The predicted octanol–water partition coefficient (Wildman–Crippen LogP) is 4.03. The van der Waals surface area contributed by atoms with E-state index in [-0.39, 0.29) is 11.5 Å². The molecule has 2 atom stereocenters. The van der Waals surface area contributed by atoms with Gasteiger partial charge < -0.3 is 10.4 Å². The topological polar surface area (TPSA) is 56.0 Å². The fourth-order valence-corrected chi connectivity index (χ4v) is 3.46. The Labute approximate surface area is 136 Å². The summed E-state index contributed by atoms with van der Waals surface area (Å²) in [5.41, 5.74) is 1.50. The fraction of sp³-hybridized carbons (Fsp3) is 0.389. The van der Waals surface area contributed by atoms with Gasteiger partial charge in [-0.15, -0.1) is 11.3 Å². The summed E-state index contributed by atoms with van der Waals surface area (Å²) >= 11 is 1.73. The van der Waals surface area contributed by atoms with Gasteiger partial charge in [-0.05, 0) is 34.6 Å². The predicted molar refractivity (Wildman–Crippen MR) is 90.6 cm³/mol. The van der Waals surface area contributed by atoms with Crippen LogP contribution in [0.2, 0.25) is 0 Å². The Bertz CT molecular complexity index is 621. The second kappa shape index (κ2) is 7.06. The number of nitrogens with zero attached hydrogens (tertiary/aromatic N) is 1. The van der Waals surface area contributed by atoms with Crippen molar-refractivity contribution in [1.82, 2.24) is 5.32 Å². The number of benzene rings is 1. The first-order valence-electron chi connectivity index (χ1n) is 7.36. The molecular weight excluding hydrogens is 292 g/mol. The smallest absolute Gasteiger partial charge is 0.0991 e. The summed E-state index contributed by atoms with van der Waals surface area (Å²) < 4.78 is 0. The highest BCUT2D eigenvalue weighted by Gasteiger charge is 2.27. The van der Waals surface area contributed by atoms with Crippen LogP contribution < -0.4 is 5.32 Å². The van der Waals surface area contributed by atoms with Gasteiger partial charge in [-0.25, -0.2) is 0 Å². The molecule has 1 heterocycles. The van der Waals surface area contributed by atoms with E-state index in [1.165, 1.54) is 4.88 Å². The highest BCUT2D eigenvalue weighted by molar-refractivity contribution is 7.10. The van der Waals surface area contributed by atoms with Crippen LogP contribution in [0.4, 0.5) is 0 Å². The Hall–Kier alpha value is -1.67. The van der Waals surface area contributed by atoms with Crippen molar-refractivity contribution in [2.75, 3.05) is 6.54 Å². The van der Waals surface area contributed by atoms with Crippen molar-refractivity contribution in [1.29, 1.82) is 5.26 Å². The van der Waals surface area contributed by atoms with Gasteiger partial charge in [-0.1, -0.05) is 39.0 Å². The van der Waals surface area contributed by atoms with E-state index < -0.39 is 6.10 Å². The molecule has 1 aromatic carbocycles. The minimum atomic E-state index is -0.586. The molecule has 0 radical (unpaired) electrons. The first-order chi connectivity index (χ1) is 10.4. The standard InChI is InChI=1S/C18H22N2OS/c1-18(2,3)17(16-5-4-10-22-16)20-12-15(21)14-8-6-13(11-19)7-9-14/h4-10,15,17,20-21H,12H2,1-3H3. The van der Waals surface area contributed by atoms with E-state index >= 15 is 0 Å². The summed E-state index contributed by atoms with van der Waals surface area (Å²) in [7, 11) is 0. The average molecular weight is 314 g/mol. The van der Waals surface area contributed by atoms with E-state index in [9.17, 15) is 5.11 Å². The van der Waals surface area contributed by atoms with Gasteiger partial charge in [-0.2, -0.15) is 5.26 Å². The number of hydrogen-bond donors (Lipinski definition) is 2. The number of aliphatic hydroxyl groups is 1. The monoisotopic (exact) mass is 314 g/mol. The van der Waals surface area contributed by atoms with Crippen LogP contribution in [0.1, 0.15) is 48.9 Å². The lowest BCUT2D eigenvalue weighted by Gasteiger charge is -2.31. The summed E-state index contributed by atoms with van der Waals surface area (Å²) in [6.07, 6.45) is -0.586. The Balaban J connectivity index is 2.04. The minimum Gasteiger partial charge on any atom is -0.387 e. The molecule has 0 aliphatic heterocycles. The average Bonchev–Trinajstić information content (AvgIpc) is 3.00. The van der Waals surface area contributed by atoms with Crippen molar-refractivity contribution in [2.45, 2.75) is 32.9 Å². The largest absolute Gasteiger partial charge is 0.387 e. The van der Waals surface area contributed by atoms with Gasteiger partial charge in [0.15, 0.2) is 0 Å². The lowest BCUT2D eigenvalue weighted by Crippen LogP contribution is -2.34. The van der Waals surface area contributed by atoms with Crippen molar-refractivity contribution >= 4 is 11.3 Å². The molecular formula is C18H22N2OS. The summed E-state index contributed by atoms with van der Waals surface area (Å²) in [6.45, 7) is 7.06. The molecule has 0 aliphatic carbocycles. The maximum atomic E-state index is 10.4. The van der Waals surface area contributed by atoms with Gasteiger partial charge in [0.2, 0.25) is 0 Å². The zero-order valence-electron chi connectivity index (χ0n) is 13.2. The summed E-state index contributed by atoms with van der Waals surface area (Å²) in [5, 5.41) is 24.7. The van der Waals surface area contributed by atoms with Crippen molar-refractivity contribution in [2.24, 2.45) is 5.41 Å².